The monoisotopic (exact) mass is 290 g/mol. The number of rotatable bonds is 9. The molecule has 0 radical (unpaired) electrons. The molecular formula is C19H30O2. The Hall–Kier alpha value is -0.860. The molecule has 1 heterocycles. The fourth-order valence-corrected chi connectivity index (χ4v) is 3.35. The minimum Gasteiger partial charge on any atom is -0.346 e. The van der Waals surface area contributed by atoms with Crippen LogP contribution < -0.4 is 0 Å². The zero-order chi connectivity index (χ0) is 15.0. The average Bonchev–Trinajstić information content (AvgIpc) is 2.93. The third-order valence-electron chi connectivity index (χ3n) is 4.57. The molecule has 0 bridgehead atoms. The van der Waals surface area contributed by atoms with Crippen LogP contribution in [0.25, 0.3) is 0 Å². The highest BCUT2D eigenvalue weighted by Gasteiger charge is 2.45. The molecule has 2 nitrogen and oxygen atoms in total. The lowest BCUT2D eigenvalue weighted by atomic mass is 9.82. The van der Waals surface area contributed by atoms with Gasteiger partial charge >= 0.3 is 0 Å². The van der Waals surface area contributed by atoms with Crippen molar-refractivity contribution in [1.29, 1.82) is 0 Å². The second kappa shape index (κ2) is 8.55. The van der Waals surface area contributed by atoms with E-state index < -0.39 is 0 Å². The molecule has 1 fully saturated rings. The highest BCUT2D eigenvalue weighted by atomic mass is 16.7. The fourth-order valence-electron chi connectivity index (χ4n) is 3.35. The normalized spacial score (nSPS) is 20.8. The molecule has 0 saturated carbocycles. The molecule has 2 rings (SSSR count). The Morgan fingerprint density at radius 1 is 0.952 bits per heavy atom. The van der Waals surface area contributed by atoms with Crippen LogP contribution in [0.5, 0.6) is 0 Å². The minimum atomic E-state index is -0.105. The maximum absolute atomic E-state index is 6.18. The van der Waals surface area contributed by atoms with Crippen molar-refractivity contribution in [3.05, 3.63) is 35.9 Å². The van der Waals surface area contributed by atoms with Gasteiger partial charge in [-0.15, -0.1) is 0 Å². The summed E-state index contributed by atoms with van der Waals surface area (Å²) in [6.45, 7) is 4.95. The number of unbranched alkanes of at least 4 members (excludes halogenated alkanes) is 4. The summed E-state index contributed by atoms with van der Waals surface area (Å²) in [6, 6.07) is 10.6. The molecule has 1 aliphatic rings. The van der Waals surface area contributed by atoms with Gasteiger partial charge in [0, 0.05) is 0 Å². The summed E-state index contributed by atoms with van der Waals surface area (Å²) in [6.07, 6.45) is 9.86. The van der Waals surface area contributed by atoms with Crippen molar-refractivity contribution < 1.29 is 9.47 Å². The van der Waals surface area contributed by atoms with Gasteiger partial charge in [0.05, 0.1) is 0 Å². The van der Waals surface area contributed by atoms with Gasteiger partial charge in [-0.1, -0.05) is 82.7 Å². The molecule has 118 valence electrons. The Kier molecular flexibility index (Phi) is 6.72. The summed E-state index contributed by atoms with van der Waals surface area (Å²) in [5, 5.41) is 0. The largest absolute Gasteiger partial charge is 0.346 e. The van der Waals surface area contributed by atoms with Crippen molar-refractivity contribution in [1.82, 2.24) is 0 Å². The van der Waals surface area contributed by atoms with Crippen molar-refractivity contribution in [3.8, 4) is 0 Å². The molecule has 0 aromatic heterocycles. The molecule has 1 unspecified atom stereocenters. The molecule has 21 heavy (non-hydrogen) atoms. The number of hydrogen-bond donors (Lipinski definition) is 0. The molecular weight excluding hydrogens is 260 g/mol. The number of hydrogen-bond acceptors (Lipinski definition) is 2. The summed E-state index contributed by atoms with van der Waals surface area (Å²) in [5.74, 6) is 0. The van der Waals surface area contributed by atoms with E-state index in [1.807, 2.05) is 0 Å². The Morgan fingerprint density at radius 2 is 1.57 bits per heavy atom. The van der Waals surface area contributed by atoms with Crippen molar-refractivity contribution in [2.24, 2.45) is 0 Å². The molecule has 0 amide bonds. The first-order valence-electron chi connectivity index (χ1n) is 8.63. The Balaban J connectivity index is 2.11. The molecule has 0 N–H and O–H groups in total. The van der Waals surface area contributed by atoms with Gasteiger partial charge in [0.25, 0.3) is 0 Å². The minimum absolute atomic E-state index is 0.104. The molecule has 1 saturated heterocycles. The molecule has 2 heteroatoms. The Morgan fingerprint density at radius 3 is 2.14 bits per heavy atom. The summed E-state index contributed by atoms with van der Waals surface area (Å²) >= 11 is 0. The lowest BCUT2D eigenvalue weighted by molar-refractivity contribution is -0.0259. The predicted octanol–water partition coefficient (Wildman–Crippen LogP) is 5.63. The molecule has 1 aromatic carbocycles. The predicted molar refractivity (Wildman–Crippen MR) is 87.2 cm³/mol. The van der Waals surface area contributed by atoms with E-state index in [4.69, 9.17) is 9.47 Å². The van der Waals surface area contributed by atoms with Gasteiger partial charge in [0.15, 0.2) is 0 Å². The topological polar surface area (TPSA) is 18.5 Å². The van der Waals surface area contributed by atoms with E-state index in [9.17, 15) is 0 Å². The standard InChI is InChI=1S/C19H30O2/c1-3-5-10-14-19(15-11-6-4-2)18(20-16-21-19)17-12-8-7-9-13-17/h7-9,12-13,18H,3-6,10-11,14-16H2,1-2H3. The van der Waals surface area contributed by atoms with Gasteiger partial charge in [0.2, 0.25) is 0 Å². The second-order valence-corrected chi connectivity index (χ2v) is 6.20. The maximum atomic E-state index is 6.18. The van der Waals surface area contributed by atoms with Crippen LogP contribution in [-0.4, -0.2) is 12.4 Å². The van der Waals surface area contributed by atoms with Crippen LogP contribution in [0.1, 0.15) is 76.9 Å². The average molecular weight is 290 g/mol. The number of benzene rings is 1. The molecule has 1 aliphatic heterocycles. The summed E-state index contributed by atoms with van der Waals surface area (Å²) in [7, 11) is 0. The van der Waals surface area contributed by atoms with Crippen LogP contribution >= 0.6 is 0 Å². The van der Waals surface area contributed by atoms with Gasteiger partial charge in [-0.2, -0.15) is 0 Å². The first-order valence-corrected chi connectivity index (χ1v) is 8.63. The van der Waals surface area contributed by atoms with Crippen LogP contribution in [0, 0.1) is 0 Å². The van der Waals surface area contributed by atoms with E-state index in [0.717, 1.165) is 12.8 Å². The molecule has 0 aliphatic carbocycles. The van der Waals surface area contributed by atoms with Gasteiger partial charge in [-0.05, 0) is 18.4 Å². The van der Waals surface area contributed by atoms with Crippen LogP contribution in [-0.2, 0) is 9.47 Å². The van der Waals surface area contributed by atoms with Gasteiger partial charge in [-0.3, -0.25) is 0 Å². The van der Waals surface area contributed by atoms with E-state index in [0.29, 0.717) is 6.79 Å². The highest BCUT2D eigenvalue weighted by Crippen LogP contribution is 2.44. The third-order valence-corrected chi connectivity index (χ3v) is 4.57. The van der Waals surface area contributed by atoms with E-state index in [1.165, 1.54) is 44.1 Å². The molecule has 1 aromatic rings. The fraction of sp³-hybridized carbons (Fsp3) is 0.684. The Labute approximate surface area is 129 Å². The second-order valence-electron chi connectivity index (χ2n) is 6.20. The zero-order valence-corrected chi connectivity index (χ0v) is 13.6. The number of ether oxygens (including phenoxy) is 2. The van der Waals surface area contributed by atoms with E-state index in [-0.39, 0.29) is 11.7 Å². The van der Waals surface area contributed by atoms with E-state index >= 15 is 0 Å². The van der Waals surface area contributed by atoms with Crippen LogP contribution in [0.15, 0.2) is 30.3 Å². The van der Waals surface area contributed by atoms with E-state index in [1.54, 1.807) is 0 Å². The maximum Gasteiger partial charge on any atom is 0.148 e. The molecule has 0 spiro atoms. The summed E-state index contributed by atoms with van der Waals surface area (Å²) in [4.78, 5) is 0. The van der Waals surface area contributed by atoms with E-state index in [2.05, 4.69) is 44.2 Å². The van der Waals surface area contributed by atoms with Crippen molar-refractivity contribution in [2.45, 2.75) is 76.9 Å². The van der Waals surface area contributed by atoms with Gasteiger partial charge in [-0.25, -0.2) is 0 Å². The van der Waals surface area contributed by atoms with Crippen LogP contribution in [0.2, 0.25) is 0 Å². The van der Waals surface area contributed by atoms with Crippen LogP contribution in [0.3, 0.4) is 0 Å². The third kappa shape index (κ3) is 4.31. The lowest BCUT2D eigenvalue weighted by Crippen LogP contribution is -2.34. The van der Waals surface area contributed by atoms with Gasteiger partial charge in [0.1, 0.15) is 18.5 Å². The summed E-state index contributed by atoms with van der Waals surface area (Å²) in [5.41, 5.74) is 1.16. The zero-order valence-electron chi connectivity index (χ0n) is 13.6. The summed E-state index contributed by atoms with van der Waals surface area (Å²) < 4.78 is 12.2. The highest BCUT2D eigenvalue weighted by molar-refractivity contribution is 5.21. The quantitative estimate of drug-likeness (QED) is 0.549. The van der Waals surface area contributed by atoms with Crippen molar-refractivity contribution in [3.63, 3.8) is 0 Å². The van der Waals surface area contributed by atoms with Crippen molar-refractivity contribution >= 4 is 0 Å². The lowest BCUT2D eigenvalue weighted by Gasteiger charge is -2.33. The smallest absolute Gasteiger partial charge is 0.148 e. The SMILES string of the molecule is CCCCCC1(CCCCC)OCOC1c1ccccc1. The van der Waals surface area contributed by atoms with Crippen LogP contribution in [0.4, 0.5) is 0 Å². The molecule has 1 atom stereocenters. The van der Waals surface area contributed by atoms with Gasteiger partial charge < -0.3 is 9.47 Å². The van der Waals surface area contributed by atoms with Crippen molar-refractivity contribution in [2.75, 3.05) is 6.79 Å². The Bertz CT molecular complexity index is 378. The first-order chi connectivity index (χ1) is 10.3. The first kappa shape index (κ1) is 16.5.